The van der Waals surface area contributed by atoms with E-state index in [2.05, 4.69) is 26.1 Å². The molecule has 0 radical (unpaired) electrons. The van der Waals surface area contributed by atoms with Crippen LogP contribution >= 0.6 is 15.9 Å². The van der Waals surface area contributed by atoms with Crippen molar-refractivity contribution in [1.29, 1.82) is 0 Å². The maximum atomic E-state index is 13.1. The predicted molar refractivity (Wildman–Crippen MR) is 75.4 cm³/mol. The molecule has 1 saturated carbocycles. The average molecular weight is 313 g/mol. The lowest BCUT2D eigenvalue weighted by atomic mass is 10.1. The van der Waals surface area contributed by atoms with E-state index in [4.69, 9.17) is 0 Å². The Hall–Kier alpha value is -0.610. The van der Waals surface area contributed by atoms with Crippen molar-refractivity contribution in [3.63, 3.8) is 0 Å². The van der Waals surface area contributed by atoms with Gasteiger partial charge in [-0.2, -0.15) is 0 Å². The summed E-state index contributed by atoms with van der Waals surface area (Å²) in [6, 6.07) is 5.74. The van der Waals surface area contributed by atoms with Gasteiger partial charge in [-0.3, -0.25) is 0 Å². The van der Waals surface area contributed by atoms with Gasteiger partial charge in [0, 0.05) is 23.6 Å². The van der Waals surface area contributed by atoms with Crippen molar-refractivity contribution in [2.45, 2.75) is 25.3 Å². The molecule has 1 heterocycles. The molecule has 0 amide bonds. The standard InChI is InChI=1S/C14H18BrFN2/c15-13-7-11(16)1-4-14(13)18-6-5-10(9-18)8-17-12-2-3-12/h1,4,7,10,12,17H,2-3,5-6,8-9H2. The Morgan fingerprint density at radius 1 is 1.33 bits per heavy atom. The third-order valence-corrected chi connectivity index (χ3v) is 4.44. The van der Waals surface area contributed by atoms with Crippen molar-refractivity contribution < 1.29 is 4.39 Å². The minimum absolute atomic E-state index is 0.184. The molecule has 18 heavy (non-hydrogen) atoms. The summed E-state index contributed by atoms with van der Waals surface area (Å²) >= 11 is 3.45. The Labute approximate surface area is 116 Å². The van der Waals surface area contributed by atoms with E-state index in [1.807, 2.05) is 6.07 Å². The molecule has 1 aliphatic carbocycles. The highest BCUT2D eigenvalue weighted by atomic mass is 79.9. The van der Waals surface area contributed by atoms with Gasteiger partial charge in [0.1, 0.15) is 5.82 Å². The van der Waals surface area contributed by atoms with Gasteiger partial charge < -0.3 is 10.2 Å². The Morgan fingerprint density at radius 3 is 2.89 bits per heavy atom. The van der Waals surface area contributed by atoms with Gasteiger partial charge in [0.25, 0.3) is 0 Å². The Kier molecular flexibility index (Phi) is 3.57. The number of benzene rings is 1. The summed E-state index contributed by atoms with van der Waals surface area (Å²) in [6.45, 7) is 3.27. The van der Waals surface area contributed by atoms with Crippen LogP contribution in [0.15, 0.2) is 22.7 Å². The molecule has 2 fully saturated rings. The number of anilines is 1. The van der Waals surface area contributed by atoms with Crippen LogP contribution in [-0.2, 0) is 0 Å². The van der Waals surface area contributed by atoms with Crippen molar-refractivity contribution in [3.8, 4) is 0 Å². The summed E-state index contributed by atoms with van der Waals surface area (Å²) in [7, 11) is 0. The van der Waals surface area contributed by atoms with E-state index in [0.717, 1.165) is 41.8 Å². The largest absolute Gasteiger partial charge is 0.370 e. The third-order valence-electron chi connectivity index (χ3n) is 3.81. The van der Waals surface area contributed by atoms with E-state index in [9.17, 15) is 4.39 Å². The molecule has 2 nitrogen and oxygen atoms in total. The van der Waals surface area contributed by atoms with Crippen LogP contribution in [0.25, 0.3) is 0 Å². The number of nitrogens with one attached hydrogen (secondary N) is 1. The molecule has 98 valence electrons. The molecule has 2 aliphatic rings. The van der Waals surface area contributed by atoms with Crippen LogP contribution in [0.5, 0.6) is 0 Å². The fourth-order valence-electron chi connectivity index (χ4n) is 2.58. The zero-order valence-electron chi connectivity index (χ0n) is 10.3. The number of rotatable bonds is 4. The number of halogens is 2. The van der Waals surface area contributed by atoms with E-state index >= 15 is 0 Å². The summed E-state index contributed by atoms with van der Waals surface area (Å²) in [5.74, 6) is 0.541. The van der Waals surface area contributed by atoms with E-state index < -0.39 is 0 Å². The van der Waals surface area contributed by atoms with Crippen LogP contribution in [0, 0.1) is 11.7 Å². The summed E-state index contributed by atoms with van der Waals surface area (Å²) in [6.07, 6.45) is 3.92. The summed E-state index contributed by atoms with van der Waals surface area (Å²) in [5.41, 5.74) is 1.12. The van der Waals surface area contributed by atoms with Crippen LogP contribution in [0.4, 0.5) is 10.1 Å². The molecule has 1 aliphatic heterocycles. The zero-order valence-corrected chi connectivity index (χ0v) is 11.9. The highest BCUT2D eigenvalue weighted by Gasteiger charge is 2.27. The van der Waals surface area contributed by atoms with E-state index in [-0.39, 0.29) is 5.82 Å². The van der Waals surface area contributed by atoms with Crippen molar-refractivity contribution in [3.05, 3.63) is 28.5 Å². The molecule has 4 heteroatoms. The number of hydrogen-bond donors (Lipinski definition) is 1. The lowest BCUT2D eigenvalue weighted by Crippen LogP contribution is -2.27. The Bertz CT molecular complexity index is 434. The second kappa shape index (κ2) is 5.17. The Balaban J connectivity index is 1.59. The van der Waals surface area contributed by atoms with Gasteiger partial charge in [0.05, 0.1) is 5.69 Å². The molecular weight excluding hydrogens is 295 g/mol. The lowest BCUT2D eigenvalue weighted by Gasteiger charge is -2.20. The van der Waals surface area contributed by atoms with Crippen molar-refractivity contribution in [2.75, 3.05) is 24.5 Å². The molecule has 1 aromatic carbocycles. The highest BCUT2D eigenvalue weighted by Crippen LogP contribution is 2.31. The van der Waals surface area contributed by atoms with Gasteiger partial charge in [-0.25, -0.2) is 4.39 Å². The van der Waals surface area contributed by atoms with Gasteiger partial charge in [0.15, 0.2) is 0 Å². The number of hydrogen-bond acceptors (Lipinski definition) is 2. The zero-order chi connectivity index (χ0) is 12.5. The van der Waals surface area contributed by atoms with E-state index in [1.165, 1.54) is 25.3 Å². The first-order valence-electron chi connectivity index (χ1n) is 6.66. The molecular formula is C14H18BrFN2. The normalized spacial score (nSPS) is 23.7. The second-order valence-electron chi connectivity index (χ2n) is 5.38. The second-order valence-corrected chi connectivity index (χ2v) is 6.23. The Morgan fingerprint density at radius 2 is 2.17 bits per heavy atom. The van der Waals surface area contributed by atoms with Gasteiger partial charge in [0.2, 0.25) is 0 Å². The SMILES string of the molecule is Fc1ccc(N2CCC(CNC3CC3)C2)c(Br)c1. The van der Waals surface area contributed by atoms with E-state index in [0.29, 0.717) is 0 Å². The molecule has 1 unspecified atom stereocenters. The minimum atomic E-state index is -0.184. The van der Waals surface area contributed by atoms with Crippen LogP contribution in [-0.4, -0.2) is 25.7 Å². The highest BCUT2D eigenvalue weighted by molar-refractivity contribution is 9.10. The fourth-order valence-corrected chi connectivity index (χ4v) is 3.18. The number of nitrogens with zero attached hydrogens (tertiary/aromatic N) is 1. The molecule has 0 bridgehead atoms. The summed E-state index contributed by atoms with van der Waals surface area (Å²) in [4.78, 5) is 2.35. The molecule has 1 N–H and O–H groups in total. The average Bonchev–Trinajstić information content (AvgIpc) is 3.05. The van der Waals surface area contributed by atoms with Crippen LogP contribution in [0.1, 0.15) is 19.3 Å². The maximum Gasteiger partial charge on any atom is 0.124 e. The van der Waals surface area contributed by atoms with Crippen LogP contribution < -0.4 is 10.2 Å². The molecule has 3 rings (SSSR count). The van der Waals surface area contributed by atoms with Gasteiger partial charge >= 0.3 is 0 Å². The predicted octanol–water partition coefficient (Wildman–Crippen LogP) is 3.17. The first-order chi connectivity index (χ1) is 8.72. The summed E-state index contributed by atoms with van der Waals surface area (Å²) in [5, 5.41) is 3.60. The van der Waals surface area contributed by atoms with E-state index in [1.54, 1.807) is 6.07 Å². The maximum absolute atomic E-state index is 13.1. The first-order valence-corrected chi connectivity index (χ1v) is 7.45. The van der Waals surface area contributed by atoms with Crippen LogP contribution in [0.2, 0.25) is 0 Å². The smallest absolute Gasteiger partial charge is 0.124 e. The topological polar surface area (TPSA) is 15.3 Å². The fraction of sp³-hybridized carbons (Fsp3) is 0.571. The first kappa shape index (κ1) is 12.4. The quantitative estimate of drug-likeness (QED) is 0.918. The van der Waals surface area contributed by atoms with Crippen LogP contribution in [0.3, 0.4) is 0 Å². The molecule has 1 saturated heterocycles. The molecule has 0 aromatic heterocycles. The van der Waals surface area contributed by atoms with Gasteiger partial charge in [-0.05, 0) is 65.9 Å². The minimum Gasteiger partial charge on any atom is -0.370 e. The molecule has 0 spiro atoms. The monoisotopic (exact) mass is 312 g/mol. The van der Waals surface area contributed by atoms with Crippen molar-refractivity contribution >= 4 is 21.6 Å². The van der Waals surface area contributed by atoms with Crippen molar-refractivity contribution in [2.24, 2.45) is 5.92 Å². The summed E-state index contributed by atoms with van der Waals surface area (Å²) < 4.78 is 13.9. The molecule has 1 aromatic rings. The van der Waals surface area contributed by atoms with Gasteiger partial charge in [-0.15, -0.1) is 0 Å². The van der Waals surface area contributed by atoms with Crippen molar-refractivity contribution in [1.82, 2.24) is 5.32 Å². The molecule has 1 atom stereocenters. The lowest BCUT2D eigenvalue weighted by molar-refractivity contribution is 0.515. The third kappa shape index (κ3) is 2.86. The van der Waals surface area contributed by atoms with Gasteiger partial charge in [-0.1, -0.05) is 0 Å².